The van der Waals surface area contributed by atoms with E-state index in [0.717, 1.165) is 6.92 Å². The third-order valence-electron chi connectivity index (χ3n) is 2.84. The summed E-state index contributed by atoms with van der Waals surface area (Å²) in [4.78, 5) is 32.7. The van der Waals surface area contributed by atoms with E-state index in [9.17, 15) is 36.0 Å². The normalized spacial score (nSPS) is 12.2. The molecule has 13 heteroatoms. The molecule has 3 N–H and O–H groups in total. The molecule has 0 aliphatic heterocycles. The lowest BCUT2D eigenvalue weighted by Crippen LogP contribution is -2.44. The van der Waals surface area contributed by atoms with E-state index in [4.69, 9.17) is 0 Å². The molecule has 0 radical (unpaired) electrons. The summed E-state index contributed by atoms with van der Waals surface area (Å²) in [5, 5.41) is 3.91. The van der Waals surface area contributed by atoms with Crippen LogP contribution in [-0.4, -0.2) is 46.0 Å². The minimum Gasteiger partial charge on any atom is -0.452 e. The maximum atomic E-state index is 13.5. The van der Waals surface area contributed by atoms with Gasteiger partial charge in [0.1, 0.15) is 11.4 Å². The standard InChI is InChI=1S/C13H14F3N3O6S/c1-6(12(21)19-13(22)17-2)25-9(20)5-18-26(23,24)8-4-3-7(14)10(15)11(8)16/h3-4,6,18H,5H2,1-2H3,(H2,17,19,21,22)/t6-/m1/s1. The Hall–Kier alpha value is -2.67. The molecular weight excluding hydrogens is 383 g/mol. The summed E-state index contributed by atoms with van der Waals surface area (Å²) in [5.74, 6) is -7.75. The first-order valence-electron chi connectivity index (χ1n) is 6.84. The number of amides is 3. The van der Waals surface area contributed by atoms with Crippen LogP contribution in [0.15, 0.2) is 17.0 Å². The van der Waals surface area contributed by atoms with E-state index in [1.54, 1.807) is 4.72 Å². The van der Waals surface area contributed by atoms with Crippen LogP contribution in [0.3, 0.4) is 0 Å². The molecule has 3 amide bonds. The van der Waals surface area contributed by atoms with Gasteiger partial charge in [0, 0.05) is 7.05 Å². The molecule has 1 aromatic carbocycles. The molecule has 0 saturated carbocycles. The van der Waals surface area contributed by atoms with E-state index in [1.165, 1.54) is 7.05 Å². The molecule has 0 aromatic heterocycles. The van der Waals surface area contributed by atoms with Crippen molar-refractivity contribution in [3.63, 3.8) is 0 Å². The SMILES string of the molecule is CNC(=O)NC(=O)[C@@H](C)OC(=O)CNS(=O)(=O)c1ccc(F)c(F)c1F. The second-order valence-electron chi connectivity index (χ2n) is 4.70. The quantitative estimate of drug-likeness (QED) is 0.449. The van der Waals surface area contributed by atoms with Gasteiger partial charge in [-0.25, -0.2) is 26.4 Å². The van der Waals surface area contributed by atoms with E-state index in [2.05, 4.69) is 10.1 Å². The van der Waals surface area contributed by atoms with Crippen molar-refractivity contribution in [3.05, 3.63) is 29.6 Å². The predicted molar refractivity (Wildman–Crippen MR) is 79.7 cm³/mol. The zero-order valence-electron chi connectivity index (χ0n) is 13.4. The zero-order valence-corrected chi connectivity index (χ0v) is 14.2. The minimum atomic E-state index is -4.70. The topological polar surface area (TPSA) is 131 Å². The largest absolute Gasteiger partial charge is 0.452 e. The van der Waals surface area contributed by atoms with Gasteiger partial charge >= 0.3 is 12.0 Å². The Kier molecular flexibility index (Phi) is 7.09. The smallest absolute Gasteiger partial charge is 0.321 e. The lowest BCUT2D eigenvalue weighted by atomic mass is 10.3. The maximum Gasteiger partial charge on any atom is 0.321 e. The maximum absolute atomic E-state index is 13.5. The number of esters is 1. The van der Waals surface area contributed by atoms with Crippen molar-refractivity contribution in [1.29, 1.82) is 0 Å². The summed E-state index contributed by atoms with van der Waals surface area (Å²) in [6.07, 6.45) is -1.44. The number of carbonyl (C=O) groups excluding carboxylic acids is 3. The van der Waals surface area contributed by atoms with Gasteiger partial charge in [0.25, 0.3) is 5.91 Å². The van der Waals surface area contributed by atoms with Crippen LogP contribution in [0.25, 0.3) is 0 Å². The molecule has 0 heterocycles. The Balaban J connectivity index is 2.71. The van der Waals surface area contributed by atoms with Gasteiger partial charge in [-0.05, 0) is 19.1 Å². The second-order valence-corrected chi connectivity index (χ2v) is 6.43. The molecule has 0 fully saturated rings. The summed E-state index contributed by atoms with van der Waals surface area (Å²) >= 11 is 0. The number of ether oxygens (including phenoxy) is 1. The van der Waals surface area contributed by atoms with Gasteiger partial charge < -0.3 is 10.1 Å². The van der Waals surface area contributed by atoms with E-state index in [-0.39, 0.29) is 0 Å². The Morgan fingerprint density at radius 2 is 1.77 bits per heavy atom. The average molecular weight is 397 g/mol. The number of sulfonamides is 1. The summed E-state index contributed by atoms with van der Waals surface area (Å²) in [6.45, 7) is 0.0814. The first kappa shape index (κ1) is 21.4. The number of rotatable bonds is 6. The van der Waals surface area contributed by atoms with Crippen LogP contribution in [-0.2, 0) is 24.3 Å². The Labute approximate surface area is 145 Å². The van der Waals surface area contributed by atoms with Crippen LogP contribution in [0.2, 0.25) is 0 Å². The third kappa shape index (κ3) is 5.42. The lowest BCUT2D eigenvalue weighted by molar-refractivity contribution is -0.153. The lowest BCUT2D eigenvalue weighted by Gasteiger charge is -2.13. The highest BCUT2D eigenvalue weighted by Gasteiger charge is 2.26. The van der Waals surface area contributed by atoms with Gasteiger partial charge in [-0.15, -0.1) is 0 Å². The fourth-order valence-corrected chi connectivity index (χ4v) is 2.55. The Morgan fingerprint density at radius 1 is 1.15 bits per heavy atom. The molecule has 1 aromatic rings. The van der Waals surface area contributed by atoms with Crippen LogP contribution >= 0.6 is 0 Å². The number of hydrogen-bond acceptors (Lipinski definition) is 6. The summed E-state index contributed by atoms with van der Waals surface area (Å²) in [7, 11) is -3.46. The molecule has 0 aliphatic rings. The predicted octanol–water partition coefficient (Wildman–Crippen LogP) is -0.231. The van der Waals surface area contributed by atoms with Crippen molar-refractivity contribution >= 4 is 27.9 Å². The Bertz CT molecular complexity index is 831. The van der Waals surface area contributed by atoms with Crippen molar-refractivity contribution in [2.45, 2.75) is 17.9 Å². The highest BCUT2D eigenvalue weighted by atomic mass is 32.2. The average Bonchev–Trinajstić information content (AvgIpc) is 2.57. The monoisotopic (exact) mass is 397 g/mol. The van der Waals surface area contributed by atoms with Crippen molar-refractivity contribution in [2.24, 2.45) is 0 Å². The number of hydrogen-bond donors (Lipinski definition) is 3. The molecular formula is C13H14F3N3O6S. The number of benzene rings is 1. The fourth-order valence-electron chi connectivity index (χ4n) is 1.52. The number of urea groups is 1. The van der Waals surface area contributed by atoms with Gasteiger partial charge in [-0.2, -0.15) is 4.72 Å². The molecule has 26 heavy (non-hydrogen) atoms. The molecule has 0 saturated heterocycles. The van der Waals surface area contributed by atoms with E-state index in [1.807, 2.05) is 5.32 Å². The van der Waals surface area contributed by atoms with Gasteiger partial charge in [0.05, 0.1) is 0 Å². The first-order chi connectivity index (χ1) is 12.0. The fraction of sp³-hybridized carbons (Fsp3) is 0.308. The molecule has 0 unspecified atom stereocenters. The molecule has 144 valence electrons. The highest BCUT2D eigenvalue weighted by molar-refractivity contribution is 7.89. The van der Waals surface area contributed by atoms with E-state index in [0.29, 0.717) is 12.1 Å². The molecule has 0 bridgehead atoms. The van der Waals surface area contributed by atoms with Crippen molar-refractivity contribution in [3.8, 4) is 0 Å². The highest BCUT2D eigenvalue weighted by Crippen LogP contribution is 2.19. The van der Waals surface area contributed by atoms with Gasteiger partial charge in [0.15, 0.2) is 23.6 Å². The van der Waals surface area contributed by atoms with Crippen LogP contribution in [0.1, 0.15) is 6.92 Å². The molecule has 0 spiro atoms. The van der Waals surface area contributed by atoms with Gasteiger partial charge in [-0.3, -0.25) is 14.9 Å². The van der Waals surface area contributed by atoms with Crippen molar-refractivity contribution in [2.75, 3.05) is 13.6 Å². The first-order valence-corrected chi connectivity index (χ1v) is 8.33. The minimum absolute atomic E-state index is 0.399. The van der Waals surface area contributed by atoms with Crippen LogP contribution in [0.5, 0.6) is 0 Å². The van der Waals surface area contributed by atoms with E-state index < -0.39 is 62.9 Å². The summed E-state index contributed by atoms with van der Waals surface area (Å²) < 4.78 is 69.3. The summed E-state index contributed by atoms with van der Waals surface area (Å²) in [5.41, 5.74) is 0. The number of halogens is 3. The molecule has 1 atom stereocenters. The molecule has 1 rings (SSSR count). The summed E-state index contributed by atoms with van der Waals surface area (Å²) in [6, 6.07) is 0.0181. The third-order valence-corrected chi connectivity index (χ3v) is 4.26. The zero-order chi connectivity index (χ0) is 20.1. The van der Waals surface area contributed by atoms with E-state index >= 15 is 0 Å². The number of imide groups is 1. The second kappa shape index (κ2) is 8.62. The number of nitrogens with one attached hydrogen (secondary N) is 3. The van der Waals surface area contributed by atoms with Crippen LogP contribution in [0, 0.1) is 17.5 Å². The van der Waals surface area contributed by atoms with Gasteiger partial charge in [-0.1, -0.05) is 0 Å². The van der Waals surface area contributed by atoms with Crippen molar-refractivity contribution < 1.29 is 40.7 Å². The van der Waals surface area contributed by atoms with Crippen LogP contribution in [0.4, 0.5) is 18.0 Å². The Morgan fingerprint density at radius 3 is 2.35 bits per heavy atom. The molecule has 9 nitrogen and oxygen atoms in total. The van der Waals surface area contributed by atoms with Crippen molar-refractivity contribution in [1.82, 2.24) is 15.4 Å². The van der Waals surface area contributed by atoms with Gasteiger partial charge in [0.2, 0.25) is 10.0 Å². The molecule has 0 aliphatic carbocycles. The number of carbonyl (C=O) groups is 3. The van der Waals surface area contributed by atoms with Crippen LogP contribution < -0.4 is 15.4 Å².